The number of nitrogens with zero attached hydrogens (tertiary/aromatic N) is 2. The summed E-state index contributed by atoms with van der Waals surface area (Å²) in [5, 5.41) is 51.7. The van der Waals surface area contributed by atoms with Crippen molar-refractivity contribution in [3.8, 4) is 22.3 Å². The molecule has 32 heteroatoms. The van der Waals surface area contributed by atoms with E-state index in [-0.39, 0.29) is 92.8 Å². The molecule has 0 aliphatic heterocycles. The number of amides is 2. The number of nitrogens with one attached hydrogen (secondary N) is 4. The topological polar surface area (TPSA) is 481 Å². The molecule has 9 N–H and O–H groups in total. The van der Waals surface area contributed by atoms with Crippen molar-refractivity contribution in [2.24, 2.45) is 23.7 Å². The number of carboxylic acids is 1. The smallest absolute Gasteiger partial charge is 0.478 e. The Morgan fingerprint density at radius 1 is 0.479 bits per heavy atom. The van der Waals surface area contributed by atoms with Crippen LogP contribution in [0.3, 0.4) is 0 Å². The van der Waals surface area contributed by atoms with Crippen LogP contribution in [0.25, 0.3) is 34.4 Å². The SMILES string of the molecule is C=Cc1cc(C(=O)Cc2ccc(C(=N)CC(=O)OC(C)OC(=O)C(C)C)cc2)c(-c2ccc(C(=O)NCC3CC3)nc2C(=O)OC(C)OC(=O)OC(C)C)cc1CO.C=Cc1cc(C(=O)O)c(-c2ccc(C(=O)NCC3CC3)nc2C(=O)OC(C)OC(=O)OC(C)C)cc1CO.CC(OC(=O)CC(=N)c1ccc(N)cc1)OC(=O)C(C)C. The van der Waals surface area contributed by atoms with E-state index in [9.17, 15) is 72.9 Å². The minimum absolute atomic E-state index is 0.0356. The van der Waals surface area contributed by atoms with E-state index in [1.54, 1.807) is 104 Å². The molecule has 2 aliphatic rings. The molecule has 0 bridgehead atoms. The second-order valence-electron chi connectivity index (χ2n) is 28.3. The lowest BCUT2D eigenvalue weighted by Crippen LogP contribution is -2.28. The molecule has 2 fully saturated rings. The fourth-order valence-electron chi connectivity index (χ4n) is 10.6. The highest BCUT2D eigenvalue weighted by Gasteiger charge is 2.32. The summed E-state index contributed by atoms with van der Waals surface area (Å²) in [5.41, 5.74) is 8.74. The Hall–Kier alpha value is -12.8. The first-order valence-corrected chi connectivity index (χ1v) is 37.5. The maximum Gasteiger partial charge on any atom is 0.511 e. The van der Waals surface area contributed by atoms with Crippen molar-refractivity contribution >= 4 is 101 Å². The third kappa shape index (κ3) is 29.5. The number of aromatic carboxylic acids is 1. The van der Waals surface area contributed by atoms with Crippen LogP contribution in [-0.4, -0.2) is 159 Å². The Morgan fingerprint density at radius 3 is 1.20 bits per heavy atom. The number of pyridine rings is 2. The maximum absolute atomic E-state index is 14.2. The van der Waals surface area contributed by atoms with Crippen LogP contribution in [0.5, 0.6) is 0 Å². The molecule has 0 saturated heterocycles. The molecule has 2 amide bonds. The lowest BCUT2D eigenvalue weighted by atomic mass is 9.89. The number of carbonyl (C=O) groups is 12. The molecule has 2 aliphatic carbocycles. The largest absolute Gasteiger partial charge is 0.511 e. The van der Waals surface area contributed by atoms with Crippen LogP contribution in [0, 0.1) is 34.5 Å². The molecule has 0 radical (unpaired) electrons. The van der Waals surface area contributed by atoms with E-state index in [1.165, 1.54) is 88.4 Å². The van der Waals surface area contributed by atoms with Gasteiger partial charge in [-0.15, -0.1) is 0 Å². The number of ether oxygens (including phenoxy) is 10. The van der Waals surface area contributed by atoms with Crippen LogP contribution in [0.15, 0.2) is 110 Å². The van der Waals surface area contributed by atoms with Crippen molar-refractivity contribution in [1.29, 1.82) is 10.8 Å². The maximum atomic E-state index is 14.2. The number of nitrogen functional groups attached to an aromatic ring is 1. The van der Waals surface area contributed by atoms with Crippen molar-refractivity contribution in [1.82, 2.24) is 20.6 Å². The fraction of sp³-hybridized carbons (Fsp3) is 0.388. The highest BCUT2D eigenvalue weighted by atomic mass is 16.8. The number of hydrogen-bond acceptors (Lipinski definition) is 29. The van der Waals surface area contributed by atoms with E-state index in [0.29, 0.717) is 69.6 Å². The van der Waals surface area contributed by atoms with Crippen molar-refractivity contribution in [3.05, 3.63) is 183 Å². The summed E-state index contributed by atoms with van der Waals surface area (Å²) < 4.78 is 50.5. The van der Waals surface area contributed by atoms with Crippen LogP contribution in [-0.2, 0) is 86.2 Å². The van der Waals surface area contributed by atoms with Gasteiger partial charge in [0, 0.05) is 81.0 Å². The first kappa shape index (κ1) is 93.0. The van der Waals surface area contributed by atoms with E-state index in [1.807, 2.05) is 0 Å². The molecule has 4 atom stereocenters. The molecule has 624 valence electrons. The van der Waals surface area contributed by atoms with Crippen LogP contribution in [0.1, 0.15) is 223 Å². The van der Waals surface area contributed by atoms with E-state index >= 15 is 0 Å². The van der Waals surface area contributed by atoms with Crippen molar-refractivity contribution in [2.45, 2.75) is 179 Å². The van der Waals surface area contributed by atoms with Gasteiger partial charge in [-0.25, -0.2) is 33.9 Å². The molecule has 2 aromatic heterocycles. The number of rotatable bonds is 36. The van der Waals surface area contributed by atoms with Crippen molar-refractivity contribution in [2.75, 3.05) is 18.8 Å². The van der Waals surface area contributed by atoms with E-state index in [0.717, 1.165) is 25.7 Å². The number of aliphatic hydroxyl groups excluding tert-OH is 2. The number of Topliss-reactive ketones (excluding diaryl/α,β-unsaturated/α-hetero) is 1. The van der Waals surface area contributed by atoms with Gasteiger partial charge in [-0.1, -0.05) is 89.4 Å². The van der Waals surface area contributed by atoms with Gasteiger partial charge < -0.3 is 89.9 Å². The van der Waals surface area contributed by atoms with Gasteiger partial charge in [0.15, 0.2) is 17.2 Å². The Bertz CT molecular complexity index is 4680. The number of carboxylic acid groups (broad SMARTS) is 1. The molecule has 4 unspecified atom stereocenters. The number of hydrogen-bond donors (Lipinski definition) is 8. The number of aliphatic hydroxyl groups is 2. The fourth-order valence-corrected chi connectivity index (χ4v) is 10.6. The molecule has 32 nitrogen and oxygen atoms in total. The Kier molecular flexibility index (Phi) is 35.1. The van der Waals surface area contributed by atoms with Gasteiger partial charge in [-0.3, -0.25) is 33.6 Å². The predicted molar refractivity (Wildman–Crippen MR) is 425 cm³/mol. The van der Waals surface area contributed by atoms with Gasteiger partial charge in [-0.05, 0) is 176 Å². The number of esters is 6. The average Bonchev–Trinajstić information content (AvgIpc) is 1.73. The zero-order valence-electron chi connectivity index (χ0n) is 67.2. The zero-order chi connectivity index (χ0) is 86.7. The summed E-state index contributed by atoms with van der Waals surface area (Å²) in [5.74, 6) is -7.16. The third-order valence-corrected chi connectivity index (χ3v) is 17.0. The third-order valence-electron chi connectivity index (χ3n) is 17.0. The minimum Gasteiger partial charge on any atom is -0.478 e. The molecule has 6 aromatic rings. The van der Waals surface area contributed by atoms with Crippen LogP contribution in [0.2, 0.25) is 0 Å². The highest BCUT2D eigenvalue weighted by molar-refractivity contribution is 6.10. The lowest BCUT2D eigenvalue weighted by molar-refractivity contribution is -0.187. The average molecular weight is 1620 g/mol. The highest BCUT2D eigenvalue weighted by Crippen LogP contribution is 2.35. The van der Waals surface area contributed by atoms with Crippen LogP contribution in [0.4, 0.5) is 15.3 Å². The zero-order valence-corrected chi connectivity index (χ0v) is 67.2. The van der Waals surface area contributed by atoms with Crippen LogP contribution >= 0.6 is 0 Å². The minimum atomic E-state index is -1.42. The second-order valence-corrected chi connectivity index (χ2v) is 28.3. The molecular weight excluding hydrogens is 1520 g/mol. The van der Waals surface area contributed by atoms with E-state index in [2.05, 4.69) is 33.8 Å². The predicted octanol–water partition coefficient (Wildman–Crippen LogP) is 12.3. The summed E-state index contributed by atoms with van der Waals surface area (Å²) >= 11 is 0. The number of carbonyl (C=O) groups excluding carboxylic acids is 11. The number of nitrogens with two attached hydrogens (primary N) is 1. The summed E-state index contributed by atoms with van der Waals surface area (Å²) in [7, 11) is 0. The molecule has 0 spiro atoms. The van der Waals surface area contributed by atoms with Gasteiger partial charge >= 0.3 is 54.1 Å². The Labute approximate surface area is 676 Å². The second kappa shape index (κ2) is 44.2. The number of anilines is 1. The summed E-state index contributed by atoms with van der Waals surface area (Å²) in [4.78, 5) is 159. The first-order valence-electron chi connectivity index (χ1n) is 37.5. The lowest BCUT2D eigenvalue weighted by Gasteiger charge is -2.18. The normalized spacial score (nSPS) is 13.0. The van der Waals surface area contributed by atoms with E-state index < -0.39 is 128 Å². The van der Waals surface area contributed by atoms with Gasteiger partial charge in [0.25, 0.3) is 11.8 Å². The molecule has 8 rings (SSSR count). The van der Waals surface area contributed by atoms with Gasteiger partial charge in [0.05, 0.1) is 55.7 Å². The van der Waals surface area contributed by atoms with Gasteiger partial charge in [0.1, 0.15) is 11.4 Å². The van der Waals surface area contributed by atoms with Gasteiger partial charge in [0.2, 0.25) is 25.2 Å². The standard InChI is InChI=1S/C43H49N3O12.C27H30N2O9.C15H20N2O4/c1-8-29-18-34(37(48)17-27-11-13-30(14-12-27)35(44)20-38(49)55-25(6)56-41(51)23(2)3)33(19-31(29)22-47)32-15-16-36(40(50)45-21-28-9-10-28)46-39(32)42(52)57-26(7)58-43(53)54-24(4)5;1-5-17-10-21(25(32)33)20(11-18(17)13-30)19-8-9-22(24(31)28-12-16-6-7-16)29-23(19)26(34)37-15(4)38-27(35)36-14(2)3;1-9(2)15(19)21-10(3)20-14(18)8-13(17)11-4-6-12(16)7-5-11/h8,11-16,18-19,23-26,28,44,47H,1,9-10,17,20-22H2,2-7H3,(H,45,50);5,8-11,14-16,30H,1,6-7,12-13H2,2-4H3,(H,28,31)(H,32,33);4-7,9-10,17H,8,16H2,1-3H3. The van der Waals surface area contributed by atoms with Crippen molar-refractivity contribution in [3.63, 3.8) is 0 Å². The summed E-state index contributed by atoms with van der Waals surface area (Å²) in [6, 6.07) is 24.4. The summed E-state index contributed by atoms with van der Waals surface area (Å²) in [6.07, 6.45) is -1.80. The monoisotopic (exact) mass is 1620 g/mol. The molecule has 4 aromatic carbocycles. The molecule has 117 heavy (non-hydrogen) atoms. The molecule has 2 saturated carbocycles. The Balaban J connectivity index is 0.000000307. The molecular formula is C85H99N7O25. The van der Waals surface area contributed by atoms with Crippen LogP contribution < -0.4 is 16.4 Å². The summed E-state index contributed by atoms with van der Waals surface area (Å²) in [6.45, 7) is 26.1. The first-order chi connectivity index (χ1) is 55.3. The van der Waals surface area contributed by atoms with E-state index in [4.69, 9.17) is 63.9 Å². The van der Waals surface area contributed by atoms with Crippen molar-refractivity contribution < 1.29 is 120 Å². The number of aromatic nitrogens is 2. The number of benzene rings is 4. The number of ketones is 1. The Morgan fingerprint density at radius 2 is 0.846 bits per heavy atom. The molecule has 2 heterocycles. The quantitative estimate of drug-likeness (QED) is 0.00452. The van der Waals surface area contributed by atoms with Gasteiger partial charge in [-0.2, -0.15) is 0 Å².